The molecule has 3 aromatic carbocycles. The van der Waals surface area contributed by atoms with Crippen LogP contribution in [0.4, 0.5) is 5.69 Å². The predicted octanol–water partition coefficient (Wildman–Crippen LogP) is 3.07. The number of carbonyl (C=O) groups is 3. The molecule has 0 radical (unpaired) electrons. The van der Waals surface area contributed by atoms with Gasteiger partial charge in [0.05, 0.1) is 31.4 Å². The van der Waals surface area contributed by atoms with E-state index < -0.39 is 17.8 Å². The fourth-order valence-electron chi connectivity index (χ4n) is 2.78. The van der Waals surface area contributed by atoms with Crippen molar-refractivity contribution < 1.29 is 23.9 Å². The van der Waals surface area contributed by atoms with Crippen molar-refractivity contribution in [3.63, 3.8) is 0 Å². The van der Waals surface area contributed by atoms with Gasteiger partial charge in [-0.25, -0.2) is 10.2 Å². The van der Waals surface area contributed by atoms with Gasteiger partial charge in [-0.3, -0.25) is 9.59 Å². The van der Waals surface area contributed by atoms with Gasteiger partial charge < -0.3 is 14.8 Å². The van der Waals surface area contributed by atoms with Gasteiger partial charge >= 0.3 is 17.8 Å². The first kappa shape index (κ1) is 23.7. The van der Waals surface area contributed by atoms with E-state index in [1.54, 1.807) is 66.7 Å². The predicted molar refractivity (Wildman–Crippen MR) is 125 cm³/mol. The van der Waals surface area contributed by atoms with Gasteiger partial charge in [0.15, 0.2) is 11.5 Å². The maximum absolute atomic E-state index is 12.3. The number of methoxy groups -OCH3 is 1. The van der Waals surface area contributed by atoms with Crippen LogP contribution in [0.5, 0.6) is 11.5 Å². The van der Waals surface area contributed by atoms with E-state index in [1.807, 2.05) is 6.07 Å². The van der Waals surface area contributed by atoms with Gasteiger partial charge in [-0.05, 0) is 53.6 Å². The van der Waals surface area contributed by atoms with Crippen molar-refractivity contribution in [1.29, 1.82) is 5.26 Å². The van der Waals surface area contributed by atoms with Crippen LogP contribution in [0.3, 0.4) is 0 Å². The van der Waals surface area contributed by atoms with Crippen molar-refractivity contribution in [2.45, 2.75) is 6.42 Å². The van der Waals surface area contributed by atoms with Crippen LogP contribution in [-0.2, 0) is 16.0 Å². The van der Waals surface area contributed by atoms with Crippen molar-refractivity contribution in [2.75, 3.05) is 12.4 Å². The number of nitrogens with one attached hydrogen (secondary N) is 2. The molecular weight excluding hydrogens is 436 g/mol. The summed E-state index contributed by atoms with van der Waals surface area (Å²) < 4.78 is 10.7. The zero-order chi connectivity index (χ0) is 24.3. The monoisotopic (exact) mass is 456 g/mol. The molecule has 9 nitrogen and oxygen atoms in total. The quantitative estimate of drug-likeness (QED) is 0.185. The molecule has 34 heavy (non-hydrogen) atoms. The number of rotatable bonds is 7. The third-order valence-electron chi connectivity index (χ3n) is 4.48. The Hall–Kier alpha value is -4.97. The van der Waals surface area contributed by atoms with E-state index in [9.17, 15) is 14.4 Å². The molecule has 0 saturated heterocycles. The summed E-state index contributed by atoms with van der Waals surface area (Å²) in [4.78, 5) is 36.2. The summed E-state index contributed by atoms with van der Waals surface area (Å²) in [5.74, 6) is -1.88. The first-order valence-electron chi connectivity index (χ1n) is 10.1. The number of anilines is 1. The summed E-state index contributed by atoms with van der Waals surface area (Å²) in [7, 11) is 1.43. The van der Waals surface area contributed by atoms with Crippen LogP contribution in [0.15, 0.2) is 77.9 Å². The van der Waals surface area contributed by atoms with Crippen molar-refractivity contribution in [1.82, 2.24) is 5.43 Å². The first-order chi connectivity index (χ1) is 16.5. The third kappa shape index (κ3) is 6.51. The van der Waals surface area contributed by atoms with Crippen LogP contribution in [-0.4, -0.2) is 31.1 Å². The summed E-state index contributed by atoms with van der Waals surface area (Å²) in [6.07, 6.45) is 1.57. The molecule has 0 atom stereocenters. The Morgan fingerprint density at radius 1 is 0.971 bits per heavy atom. The fourth-order valence-corrected chi connectivity index (χ4v) is 2.78. The number of hydrogen-bond donors (Lipinski definition) is 2. The lowest BCUT2D eigenvalue weighted by atomic mass is 10.1. The smallest absolute Gasteiger partial charge is 0.343 e. The molecule has 0 aliphatic rings. The van der Waals surface area contributed by atoms with Crippen LogP contribution in [0.2, 0.25) is 0 Å². The number of nitriles is 1. The number of amides is 2. The molecular formula is C25H20N4O5. The first-order valence-corrected chi connectivity index (χ1v) is 10.1. The highest BCUT2D eigenvalue weighted by atomic mass is 16.6. The minimum Gasteiger partial charge on any atom is -0.493 e. The summed E-state index contributed by atoms with van der Waals surface area (Å²) >= 11 is 0. The Kier molecular flexibility index (Phi) is 8.08. The number of hydrogen-bond acceptors (Lipinski definition) is 7. The van der Waals surface area contributed by atoms with E-state index in [4.69, 9.17) is 14.7 Å². The van der Waals surface area contributed by atoms with Gasteiger partial charge in [-0.2, -0.15) is 10.4 Å². The number of ether oxygens (including phenoxy) is 2. The Balaban J connectivity index is 1.57. The lowest BCUT2D eigenvalue weighted by Gasteiger charge is -2.10. The molecule has 0 aliphatic carbocycles. The minimum absolute atomic E-state index is 0.220. The molecule has 0 saturated carbocycles. The van der Waals surface area contributed by atoms with Gasteiger partial charge in [0, 0.05) is 5.69 Å². The number of nitrogens with zero attached hydrogens (tertiary/aromatic N) is 2. The highest BCUT2D eigenvalue weighted by Crippen LogP contribution is 2.28. The van der Waals surface area contributed by atoms with E-state index in [0.717, 1.165) is 5.56 Å². The second-order valence-electron chi connectivity index (χ2n) is 6.85. The lowest BCUT2D eigenvalue weighted by molar-refractivity contribution is -0.136. The molecule has 0 spiro atoms. The van der Waals surface area contributed by atoms with Gasteiger partial charge in [0.1, 0.15) is 0 Å². The maximum Gasteiger partial charge on any atom is 0.343 e. The maximum atomic E-state index is 12.3. The minimum atomic E-state index is -0.960. The number of carbonyl (C=O) groups excluding carboxylic acids is 3. The Bertz CT molecular complexity index is 1250. The summed E-state index contributed by atoms with van der Waals surface area (Å²) in [5, 5.41) is 14.9. The van der Waals surface area contributed by atoms with Crippen molar-refractivity contribution in [3.05, 3.63) is 89.5 Å². The van der Waals surface area contributed by atoms with Gasteiger partial charge in [0.25, 0.3) is 0 Å². The van der Waals surface area contributed by atoms with Crippen molar-refractivity contribution >= 4 is 29.7 Å². The van der Waals surface area contributed by atoms with Crippen LogP contribution in [0.1, 0.15) is 21.5 Å². The third-order valence-corrected chi connectivity index (χ3v) is 4.48. The highest BCUT2D eigenvalue weighted by Gasteiger charge is 2.14. The van der Waals surface area contributed by atoms with E-state index in [2.05, 4.69) is 15.8 Å². The molecule has 0 heterocycles. The highest BCUT2D eigenvalue weighted by molar-refractivity contribution is 6.39. The molecule has 2 N–H and O–H groups in total. The largest absolute Gasteiger partial charge is 0.493 e. The molecule has 0 bridgehead atoms. The van der Waals surface area contributed by atoms with Crippen LogP contribution in [0.25, 0.3) is 0 Å². The van der Waals surface area contributed by atoms with Gasteiger partial charge in [-0.1, -0.05) is 30.3 Å². The number of esters is 1. The molecule has 0 aromatic heterocycles. The second-order valence-corrected chi connectivity index (χ2v) is 6.85. The molecule has 9 heteroatoms. The zero-order valence-corrected chi connectivity index (χ0v) is 18.1. The van der Waals surface area contributed by atoms with Gasteiger partial charge in [0.2, 0.25) is 0 Å². The molecule has 0 aliphatic heterocycles. The Morgan fingerprint density at radius 3 is 2.38 bits per heavy atom. The molecule has 0 fully saturated rings. The average molecular weight is 456 g/mol. The second kappa shape index (κ2) is 11.6. The lowest BCUT2D eigenvalue weighted by Crippen LogP contribution is -2.32. The van der Waals surface area contributed by atoms with Crippen LogP contribution in [0, 0.1) is 11.3 Å². The zero-order valence-electron chi connectivity index (χ0n) is 18.1. The topological polar surface area (TPSA) is 130 Å². The van der Waals surface area contributed by atoms with E-state index in [-0.39, 0.29) is 17.9 Å². The average Bonchev–Trinajstić information content (AvgIpc) is 2.86. The fraction of sp³-hybridized carbons (Fsp3) is 0.0800. The van der Waals surface area contributed by atoms with Crippen molar-refractivity contribution in [2.24, 2.45) is 5.10 Å². The van der Waals surface area contributed by atoms with Crippen molar-refractivity contribution in [3.8, 4) is 17.6 Å². The van der Waals surface area contributed by atoms with E-state index in [1.165, 1.54) is 19.4 Å². The summed E-state index contributed by atoms with van der Waals surface area (Å²) in [5.41, 5.74) is 4.28. The SMILES string of the molecule is COc1cc(C=NNC(=O)C(=O)Nc2ccc(CC#N)cc2)ccc1OC(=O)c1ccccc1. The number of benzene rings is 3. The Morgan fingerprint density at radius 2 is 1.71 bits per heavy atom. The molecule has 170 valence electrons. The van der Waals surface area contributed by atoms with Gasteiger partial charge in [-0.15, -0.1) is 0 Å². The molecule has 0 unspecified atom stereocenters. The summed E-state index contributed by atoms with van der Waals surface area (Å²) in [6.45, 7) is 0. The normalized spacial score (nSPS) is 10.2. The summed E-state index contributed by atoms with van der Waals surface area (Å²) in [6, 6.07) is 21.8. The Labute approximate surface area is 195 Å². The number of hydrazone groups is 1. The molecule has 2 amide bonds. The molecule has 3 rings (SSSR count). The molecule has 3 aromatic rings. The van der Waals surface area contributed by atoms with E-state index in [0.29, 0.717) is 16.8 Å². The van der Waals surface area contributed by atoms with Crippen LogP contribution < -0.4 is 20.2 Å². The van der Waals surface area contributed by atoms with Crippen LogP contribution >= 0.6 is 0 Å². The standard InChI is InChI=1S/C25H20N4O5/c1-33-22-15-18(9-12-21(22)34-25(32)19-5-3-2-4-6-19)16-27-29-24(31)23(30)28-20-10-7-17(8-11-20)13-14-26/h2-12,15-16H,13H2,1H3,(H,28,30)(H,29,31). The van der Waals surface area contributed by atoms with E-state index >= 15 is 0 Å².